The van der Waals surface area contributed by atoms with Gasteiger partial charge in [-0.05, 0) is 25.1 Å². The van der Waals surface area contributed by atoms with Crippen molar-refractivity contribution in [2.24, 2.45) is 0 Å². The normalized spacial score (nSPS) is 23.4. The molecule has 1 aliphatic heterocycles. The van der Waals surface area contributed by atoms with Crippen molar-refractivity contribution in [1.82, 2.24) is 5.32 Å². The van der Waals surface area contributed by atoms with E-state index in [0.29, 0.717) is 6.54 Å². The fraction of sp³-hybridized carbons (Fsp3) is 0.455. The average molecular weight is 245 g/mol. The summed E-state index contributed by atoms with van der Waals surface area (Å²) in [6.45, 7) is 2.69. The maximum absolute atomic E-state index is 13.6. The van der Waals surface area contributed by atoms with E-state index in [2.05, 4.69) is 5.32 Å². The number of hydrogen-bond donors (Lipinski definition) is 1. The summed E-state index contributed by atoms with van der Waals surface area (Å²) in [5, 5.41) is 3.09. The van der Waals surface area contributed by atoms with Crippen LogP contribution < -0.4 is 5.32 Å². The van der Waals surface area contributed by atoms with Crippen LogP contribution in [-0.2, 0) is 10.8 Å². The summed E-state index contributed by atoms with van der Waals surface area (Å²) in [6.07, 6.45) is 0.898. The van der Waals surface area contributed by atoms with Crippen LogP contribution in [0.1, 0.15) is 24.9 Å². The van der Waals surface area contributed by atoms with Gasteiger partial charge in [-0.3, -0.25) is 4.21 Å². The van der Waals surface area contributed by atoms with Crippen molar-refractivity contribution in [2.45, 2.75) is 24.3 Å². The monoisotopic (exact) mass is 245 g/mol. The molecule has 0 amide bonds. The van der Waals surface area contributed by atoms with Gasteiger partial charge in [0.1, 0.15) is 11.6 Å². The highest BCUT2D eigenvalue weighted by Gasteiger charge is 2.33. The van der Waals surface area contributed by atoms with E-state index in [4.69, 9.17) is 0 Å². The van der Waals surface area contributed by atoms with E-state index in [9.17, 15) is 13.0 Å². The number of nitrogens with one attached hydrogen (secondary N) is 1. The molecule has 2 nitrogen and oxygen atoms in total. The number of hydrogen-bond acceptors (Lipinski definition) is 2. The van der Waals surface area contributed by atoms with Crippen LogP contribution in [0.15, 0.2) is 17.0 Å². The number of rotatable bonds is 3. The SMILES string of the molecule is CCCNC1CS(=O)c2c(F)ccc(F)c21. The smallest absolute Gasteiger partial charge is 0.139 e. The van der Waals surface area contributed by atoms with Crippen molar-refractivity contribution in [3.63, 3.8) is 0 Å². The predicted octanol–water partition coefficient (Wildman–Crippen LogP) is 2.13. The Balaban J connectivity index is 2.40. The molecule has 88 valence electrons. The molecule has 5 heteroatoms. The Kier molecular flexibility index (Phi) is 3.35. The van der Waals surface area contributed by atoms with Crippen molar-refractivity contribution in [3.05, 3.63) is 29.3 Å². The highest BCUT2D eigenvalue weighted by Crippen LogP contribution is 2.34. The van der Waals surface area contributed by atoms with E-state index >= 15 is 0 Å². The molecule has 2 atom stereocenters. The summed E-state index contributed by atoms with van der Waals surface area (Å²) >= 11 is 0. The van der Waals surface area contributed by atoms with Gasteiger partial charge in [0.2, 0.25) is 0 Å². The molecule has 0 aromatic heterocycles. The van der Waals surface area contributed by atoms with Crippen LogP contribution in [-0.4, -0.2) is 16.5 Å². The zero-order chi connectivity index (χ0) is 11.7. The van der Waals surface area contributed by atoms with Gasteiger partial charge in [0.15, 0.2) is 0 Å². The molecular weight excluding hydrogens is 232 g/mol. The molecule has 0 saturated heterocycles. The van der Waals surface area contributed by atoms with Crippen LogP contribution in [0.4, 0.5) is 8.78 Å². The second-order valence-corrected chi connectivity index (χ2v) is 5.22. The first-order chi connectivity index (χ1) is 7.65. The summed E-state index contributed by atoms with van der Waals surface area (Å²) in [5.41, 5.74) is 0.242. The molecule has 16 heavy (non-hydrogen) atoms. The molecule has 1 heterocycles. The van der Waals surface area contributed by atoms with Crippen LogP contribution >= 0.6 is 0 Å². The van der Waals surface area contributed by atoms with Crippen LogP contribution in [0.3, 0.4) is 0 Å². The van der Waals surface area contributed by atoms with Crippen molar-refractivity contribution in [2.75, 3.05) is 12.3 Å². The van der Waals surface area contributed by atoms with E-state index in [1.165, 1.54) is 0 Å². The van der Waals surface area contributed by atoms with Gasteiger partial charge in [-0.25, -0.2) is 8.78 Å². The van der Waals surface area contributed by atoms with Crippen molar-refractivity contribution in [3.8, 4) is 0 Å². The standard InChI is InChI=1S/C11H13F2NOS/c1-2-5-14-9-6-16(15)11-8(13)4-3-7(12)10(9)11/h3-4,9,14H,2,5-6H2,1H3. The fourth-order valence-corrected chi connectivity index (χ4v) is 3.43. The molecular formula is C11H13F2NOS. The second-order valence-electron chi connectivity index (χ2n) is 3.79. The predicted molar refractivity (Wildman–Crippen MR) is 58.7 cm³/mol. The lowest BCUT2D eigenvalue weighted by atomic mass is 10.1. The Morgan fingerprint density at radius 3 is 2.81 bits per heavy atom. The summed E-state index contributed by atoms with van der Waals surface area (Å²) < 4.78 is 38.7. The number of benzene rings is 1. The molecule has 1 aromatic carbocycles. The minimum absolute atomic E-state index is 0.0357. The molecule has 1 aliphatic rings. The van der Waals surface area contributed by atoms with E-state index in [1.54, 1.807) is 0 Å². The highest BCUT2D eigenvalue weighted by molar-refractivity contribution is 7.85. The molecule has 2 unspecified atom stereocenters. The number of halogens is 2. The first kappa shape index (κ1) is 11.7. The fourth-order valence-electron chi connectivity index (χ4n) is 1.90. The molecule has 0 saturated carbocycles. The lowest BCUT2D eigenvalue weighted by molar-refractivity contribution is 0.514. The Hall–Kier alpha value is -0.810. The molecule has 0 fully saturated rings. The topological polar surface area (TPSA) is 29.1 Å². The lowest BCUT2D eigenvalue weighted by Gasteiger charge is -2.12. The average Bonchev–Trinajstić information content (AvgIpc) is 2.59. The second kappa shape index (κ2) is 4.59. The highest BCUT2D eigenvalue weighted by atomic mass is 32.2. The van der Waals surface area contributed by atoms with Crippen LogP contribution in [0.2, 0.25) is 0 Å². The van der Waals surface area contributed by atoms with E-state index in [1.807, 2.05) is 6.92 Å². The third kappa shape index (κ3) is 1.89. The zero-order valence-electron chi connectivity index (χ0n) is 8.93. The Morgan fingerprint density at radius 1 is 1.44 bits per heavy atom. The van der Waals surface area contributed by atoms with Crippen molar-refractivity contribution in [1.29, 1.82) is 0 Å². The Morgan fingerprint density at radius 2 is 2.12 bits per heavy atom. The van der Waals surface area contributed by atoms with Gasteiger partial charge in [0.05, 0.1) is 15.7 Å². The van der Waals surface area contributed by atoms with E-state index in [-0.39, 0.29) is 22.3 Å². The maximum atomic E-state index is 13.6. The van der Waals surface area contributed by atoms with Gasteiger partial charge in [-0.2, -0.15) is 0 Å². The summed E-state index contributed by atoms with van der Waals surface area (Å²) in [5.74, 6) is -0.793. The van der Waals surface area contributed by atoms with E-state index < -0.39 is 22.4 Å². The van der Waals surface area contributed by atoms with Crippen LogP contribution in [0.5, 0.6) is 0 Å². The van der Waals surface area contributed by atoms with Gasteiger partial charge in [0.25, 0.3) is 0 Å². The van der Waals surface area contributed by atoms with Crippen molar-refractivity contribution >= 4 is 10.8 Å². The molecule has 0 aliphatic carbocycles. The van der Waals surface area contributed by atoms with Gasteiger partial charge < -0.3 is 5.32 Å². The first-order valence-electron chi connectivity index (χ1n) is 5.24. The molecule has 0 spiro atoms. The molecule has 2 rings (SSSR count). The quantitative estimate of drug-likeness (QED) is 0.884. The summed E-state index contributed by atoms with van der Waals surface area (Å²) in [7, 11) is -1.43. The largest absolute Gasteiger partial charge is 0.309 e. The van der Waals surface area contributed by atoms with E-state index in [0.717, 1.165) is 18.6 Å². The molecule has 1 N–H and O–H groups in total. The molecule has 0 radical (unpaired) electrons. The lowest BCUT2D eigenvalue weighted by Crippen LogP contribution is -2.23. The van der Waals surface area contributed by atoms with Gasteiger partial charge in [0, 0.05) is 17.4 Å². The third-order valence-electron chi connectivity index (χ3n) is 2.63. The Labute approximate surface area is 95.5 Å². The minimum atomic E-state index is -1.43. The molecule has 0 bridgehead atoms. The number of fused-ring (bicyclic) bond motifs is 1. The maximum Gasteiger partial charge on any atom is 0.139 e. The van der Waals surface area contributed by atoms with Crippen LogP contribution in [0, 0.1) is 11.6 Å². The van der Waals surface area contributed by atoms with Gasteiger partial charge in [-0.1, -0.05) is 6.92 Å². The first-order valence-corrected chi connectivity index (χ1v) is 6.56. The Bertz CT molecular complexity index is 436. The zero-order valence-corrected chi connectivity index (χ0v) is 9.74. The van der Waals surface area contributed by atoms with Gasteiger partial charge in [-0.15, -0.1) is 0 Å². The van der Waals surface area contributed by atoms with Crippen molar-refractivity contribution < 1.29 is 13.0 Å². The third-order valence-corrected chi connectivity index (χ3v) is 4.14. The molecule has 1 aromatic rings. The van der Waals surface area contributed by atoms with Gasteiger partial charge >= 0.3 is 0 Å². The summed E-state index contributed by atoms with van der Waals surface area (Å²) in [4.78, 5) is 0.0357. The summed E-state index contributed by atoms with van der Waals surface area (Å²) in [6, 6.07) is 1.80. The minimum Gasteiger partial charge on any atom is -0.309 e. The van der Waals surface area contributed by atoms with Crippen LogP contribution in [0.25, 0.3) is 0 Å².